The number of hydrogen-bond acceptors (Lipinski definition) is 6. The molecule has 30 heavy (non-hydrogen) atoms. The summed E-state index contributed by atoms with van der Waals surface area (Å²) in [6.07, 6.45) is 0. The molecule has 0 atom stereocenters. The Morgan fingerprint density at radius 3 is 2.17 bits per heavy atom. The number of aromatic nitrogens is 1. The van der Waals surface area contributed by atoms with Crippen molar-refractivity contribution in [3.8, 4) is 22.3 Å². The third-order valence-electron chi connectivity index (χ3n) is 4.46. The molecule has 0 radical (unpaired) electrons. The van der Waals surface area contributed by atoms with E-state index in [1.165, 1.54) is 25.3 Å². The van der Waals surface area contributed by atoms with Crippen LogP contribution in [0.25, 0.3) is 22.3 Å². The number of nitrogens with one attached hydrogen (secondary N) is 1. The molecule has 0 fully saturated rings. The highest BCUT2D eigenvalue weighted by Crippen LogP contribution is 2.37. The van der Waals surface area contributed by atoms with Crippen molar-refractivity contribution in [3.05, 3.63) is 75.6 Å². The van der Waals surface area contributed by atoms with Crippen molar-refractivity contribution in [2.24, 2.45) is 0 Å². The molecule has 0 spiro atoms. The lowest BCUT2D eigenvalue weighted by molar-refractivity contribution is 0.0599. The maximum atomic E-state index is 12.3. The maximum Gasteiger partial charge on any atom is 0.342 e. The lowest BCUT2D eigenvalue weighted by Gasteiger charge is -2.16. The summed E-state index contributed by atoms with van der Waals surface area (Å²) in [5.74, 6) is -4.15. The van der Waals surface area contributed by atoms with Crippen LogP contribution in [0.3, 0.4) is 0 Å². The van der Waals surface area contributed by atoms with E-state index in [9.17, 15) is 29.4 Å². The van der Waals surface area contributed by atoms with Gasteiger partial charge in [0.25, 0.3) is 5.56 Å². The number of carboxylic acids is 2. The topological polar surface area (TPSA) is 160 Å². The number of H-pyrrole nitrogens is 1. The van der Waals surface area contributed by atoms with Crippen LogP contribution in [-0.4, -0.2) is 40.2 Å². The number of aromatic amines is 1. The minimum Gasteiger partial charge on any atom is -0.478 e. The number of ether oxygens (including phenoxy) is 1. The molecular weight excluding hydrogens is 392 g/mol. The molecule has 3 aromatic rings. The van der Waals surface area contributed by atoms with Crippen molar-refractivity contribution in [1.82, 2.24) is 4.98 Å². The standard InChI is InChI=1S/C21H16N2O7/c1-30-21(29)11-6-4-5-10(9-11)12-7-2-3-8-13(12)14-15(19(25)26)17(22)23-18(24)16(14)20(27)28/h2-9H,1H3,(H,25,26)(H,27,28)(H3,22,23,24). The number of carbonyl (C=O) groups excluding carboxylic acids is 1. The number of methoxy groups -OCH3 is 1. The molecule has 9 nitrogen and oxygen atoms in total. The molecule has 0 saturated carbocycles. The van der Waals surface area contributed by atoms with Gasteiger partial charge in [-0.2, -0.15) is 0 Å². The summed E-state index contributed by atoms with van der Waals surface area (Å²) in [4.78, 5) is 50.0. The number of hydrogen-bond donors (Lipinski definition) is 4. The average molecular weight is 408 g/mol. The molecular formula is C21H16N2O7. The first kappa shape index (κ1) is 20.3. The molecule has 1 heterocycles. The molecule has 0 aliphatic rings. The Bertz CT molecular complexity index is 1240. The van der Waals surface area contributed by atoms with E-state index in [2.05, 4.69) is 4.98 Å². The van der Waals surface area contributed by atoms with Gasteiger partial charge in [0, 0.05) is 5.56 Å². The summed E-state index contributed by atoms with van der Waals surface area (Å²) < 4.78 is 4.72. The third kappa shape index (κ3) is 3.51. The van der Waals surface area contributed by atoms with E-state index in [1.54, 1.807) is 30.3 Å². The van der Waals surface area contributed by atoms with Crippen molar-refractivity contribution < 1.29 is 29.3 Å². The number of nitrogens with two attached hydrogens (primary N) is 1. The Morgan fingerprint density at radius 2 is 1.57 bits per heavy atom. The number of esters is 1. The first-order valence-corrected chi connectivity index (χ1v) is 8.56. The fourth-order valence-electron chi connectivity index (χ4n) is 3.20. The van der Waals surface area contributed by atoms with Gasteiger partial charge in [0.1, 0.15) is 16.9 Å². The molecule has 0 bridgehead atoms. The molecule has 0 unspecified atom stereocenters. The van der Waals surface area contributed by atoms with E-state index >= 15 is 0 Å². The van der Waals surface area contributed by atoms with Crippen molar-refractivity contribution in [3.63, 3.8) is 0 Å². The number of carbonyl (C=O) groups is 3. The summed E-state index contributed by atoms with van der Waals surface area (Å²) in [5, 5.41) is 19.3. The van der Waals surface area contributed by atoms with Crippen LogP contribution in [0.15, 0.2) is 53.3 Å². The monoisotopic (exact) mass is 408 g/mol. The SMILES string of the molecule is COC(=O)c1cccc(-c2ccccc2-c2c(C(=O)O)c(N)[nH]c(=O)c2C(=O)O)c1. The molecule has 0 amide bonds. The molecule has 152 valence electrons. The molecule has 1 aromatic heterocycles. The fraction of sp³-hybridized carbons (Fsp3) is 0.0476. The lowest BCUT2D eigenvalue weighted by Crippen LogP contribution is -2.24. The number of rotatable bonds is 5. The lowest BCUT2D eigenvalue weighted by atomic mass is 9.89. The van der Waals surface area contributed by atoms with Crippen molar-refractivity contribution >= 4 is 23.7 Å². The van der Waals surface area contributed by atoms with E-state index in [0.717, 1.165) is 0 Å². The highest BCUT2D eigenvalue weighted by molar-refractivity contribution is 6.09. The van der Waals surface area contributed by atoms with Gasteiger partial charge in [-0.1, -0.05) is 36.4 Å². The zero-order valence-corrected chi connectivity index (χ0v) is 15.6. The van der Waals surface area contributed by atoms with Crippen LogP contribution in [0.2, 0.25) is 0 Å². The van der Waals surface area contributed by atoms with E-state index in [1.807, 2.05) is 0 Å². The highest BCUT2D eigenvalue weighted by Gasteiger charge is 2.28. The first-order chi connectivity index (χ1) is 14.3. The molecule has 0 aliphatic carbocycles. The highest BCUT2D eigenvalue weighted by atomic mass is 16.5. The Hall–Kier alpha value is -4.40. The molecule has 5 N–H and O–H groups in total. The van der Waals surface area contributed by atoms with Crippen molar-refractivity contribution in [1.29, 1.82) is 0 Å². The van der Waals surface area contributed by atoms with Gasteiger partial charge in [0.05, 0.1) is 12.7 Å². The number of aromatic carboxylic acids is 2. The van der Waals surface area contributed by atoms with Crippen LogP contribution in [0.1, 0.15) is 31.1 Å². The Balaban J connectivity index is 2.41. The first-order valence-electron chi connectivity index (χ1n) is 8.56. The second-order valence-corrected chi connectivity index (χ2v) is 6.22. The summed E-state index contributed by atoms with van der Waals surface area (Å²) in [7, 11) is 1.24. The van der Waals surface area contributed by atoms with Gasteiger partial charge in [0.15, 0.2) is 0 Å². The predicted octanol–water partition coefficient (Wildman–Crippen LogP) is 2.47. The maximum absolute atomic E-state index is 12.3. The molecule has 2 aromatic carbocycles. The number of pyridine rings is 1. The Morgan fingerprint density at radius 1 is 0.933 bits per heavy atom. The molecule has 0 saturated heterocycles. The number of benzene rings is 2. The van der Waals surface area contributed by atoms with Crippen molar-refractivity contribution in [2.45, 2.75) is 0 Å². The number of carboxylic acid groups (broad SMARTS) is 2. The quantitative estimate of drug-likeness (QED) is 0.468. The number of nitrogen functional groups attached to an aromatic ring is 1. The predicted molar refractivity (Wildman–Crippen MR) is 108 cm³/mol. The summed E-state index contributed by atoms with van der Waals surface area (Å²) >= 11 is 0. The molecule has 0 aliphatic heterocycles. The summed E-state index contributed by atoms with van der Waals surface area (Å²) in [6.45, 7) is 0. The zero-order chi connectivity index (χ0) is 22.0. The van der Waals surface area contributed by atoms with Crippen LogP contribution in [0.4, 0.5) is 5.82 Å². The van der Waals surface area contributed by atoms with E-state index in [4.69, 9.17) is 10.5 Å². The van der Waals surface area contributed by atoms with Crippen LogP contribution in [0, 0.1) is 0 Å². The summed E-state index contributed by atoms with van der Waals surface area (Å²) in [6, 6.07) is 12.6. The Kier molecular flexibility index (Phi) is 5.37. The Labute approximate surface area is 169 Å². The van der Waals surface area contributed by atoms with Crippen molar-refractivity contribution in [2.75, 3.05) is 12.8 Å². The number of anilines is 1. The van der Waals surface area contributed by atoms with E-state index in [0.29, 0.717) is 11.1 Å². The van der Waals surface area contributed by atoms with Gasteiger partial charge in [-0.25, -0.2) is 14.4 Å². The second kappa shape index (κ2) is 7.92. The smallest absolute Gasteiger partial charge is 0.342 e. The minimum atomic E-state index is -1.60. The van der Waals surface area contributed by atoms with Gasteiger partial charge in [-0.05, 0) is 28.8 Å². The molecule has 3 rings (SSSR count). The van der Waals surface area contributed by atoms with Crippen LogP contribution >= 0.6 is 0 Å². The minimum absolute atomic E-state index is 0.159. The van der Waals surface area contributed by atoms with Gasteiger partial charge >= 0.3 is 17.9 Å². The van der Waals surface area contributed by atoms with Gasteiger partial charge < -0.3 is 25.7 Å². The summed E-state index contributed by atoms with van der Waals surface area (Å²) in [5.41, 5.74) is 4.36. The average Bonchev–Trinajstić information content (AvgIpc) is 2.72. The van der Waals surface area contributed by atoms with Gasteiger partial charge in [-0.3, -0.25) is 4.79 Å². The zero-order valence-electron chi connectivity index (χ0n) is 15.6. The normalized spacial score (nSPS) is 10.4. The van der Waals surface area contributed by atoms with Crippen LogP contribution < -0.4 is 11.3 Å². The fourth-order valence-corrected chi connectivity index (χ4v) is 3.20. The molecule has 9 heteroatoms. The van der Waals surface area contributed by atoms with E-state index in [-0.39, 0.29) is 16.7 Å². The van der Waals surface area contributed by atoms with Crippen LogP contribution in [0.5, 0.6) is 0 Å². The van der Waals surface area contributed by atoms with Gasteiger partial charge in [0.2, 0.25) is 0 Å². The van der Waals surface area contributed by atoms with Gasteiger partial charge in [-0.15, -0.1) is 0 Å². The largest absolute Gasteiger partial charge is 0.478 e. The second-order valence-electron chi connectivity index (χ2n) is 6.22. The third-order valence-corrected chi connectivity index (χ3v) is 4.46. The van der Waals surface area contributed by atoms with E-state index < -0.39 is 40.4 Å². The van der Waals surface area contributed by atoms with Crippen LogP contribution in [-0.2, 0) is 4.74 Å².